The zero-order chi connectivity index (χ0) is 33.4. The maximum atomic E-state index is 14.6. The van der Waals surface area contributed by atoms with Crippen LogP contribution >= 0.6 is 0 Å². The molecular formula is C37H42FN3O4S. The Morgan fingerprint density at radius 3 is 2.07 bits per heavy atom. The van der Waals surface area contributed by atoms with Crippen LogP contribution in [0, 0.1) is 26.6 Å². The highest BCUT2D eigenvalue weighted by atomic mass is 32.2. The molecule has 46 heavy (non-hydrogen) atoms. The van der Waals surface area contributed by atoms with Gasteiger partial charge in [-0.05, 0) is 81.1 Å². The van der Waals surface area contributed by atoms with E-state index in [2.05, 4.69) is 5.32 Å². The minimum Gasteiger partial charge on any atom is -0.352 e. The molecule has 2 amide bonds. The molecule has 0 bridgehead atoms. The van der Waals surface area contributed by atoms with Crippen molar-refractivity contribution in [1.29, 1.82) is 0 Å². The summed E-state index contributed by atoms with van der Waals surface area (Å²) in [5.74, 6) is -1.35. The Bertz CT molecular complexity index is 1740. The SMILES string of the molecule is CC[C@H](C)NC(=O)[C@H](Cc1ccccc1)N(Cc1ccc(F)cc1)C(=O)CN(c1ccc(C)cc1C)S(=O)(=O)c1ccc(C)cc1. The van der Waals surface area contributed by atoms with Crippen molar-refractivity contribution in [1.82, 2.24) is 10.2 Å². The molecule has 0 heterocycles. The zero-order valence-corrected chi connectivity index (χ0v) is 27.9. The van der Waals surface area contributed by atoms with Crippen molar-refractivity contribution in [2.24, 2.45) is 0 Å². The molecule has 0 aromatic heterocycles. The van der Waals surface area contributed by atoms with Crippen molar-refractivity contribution in [3.63, 3.8) is 0 Å². The molecule has 0 saturated carbocycles. The van der Waals surface area contributed by atoms with E-state index in [0.717, 1.165) is 21.0 Å². The van der Waals surface area contributed by atoms with Crippen molar-refractivity contribution in [2.75, 3.05) is 10.8 Å². The molecule has 1 N–H and O–H groups in total. The van der Waals surface area contributed by atoms with Gasteiger partial charge in [0.2, 0.25) is 11.8 Å². The smallest absolute Gasteiger partial charge is 0.264 e. The van der Waals surface area contributed by atoms with E-state index >= 15 is 0 Å². The predicted molar refractivity (Wildman–Crippen MR) is 180 cm³/mol. The first kappa shape index (κ1) is 34.4. The Morgan fingerprint density at radius 2 is 1.46 bits per heavy atom. The Morgan fingerprint density at radius 1 is 0.826 bits per heavy atom. The number of amides is 2. The molecule has 0 aliphatic rings. The van der Waals surface area contributed by atoms with Crippen LogP contribution in [0.2, 0.25) is 0 Å². The number of hydrogen-bond acceptors (Lipinski definition) is 4. The Labute approximate surface area is 272 Å². The molecule has 0 fully saturated rings. The Balaban J connectivity index is 1.83. The molecular weight excluding hydrogens is 601 g/mol. The van der Waals surface area contributed by atoms with Gasteiger partial charge in [-0.1, -0.05) is 84.8 Å². The summed E-state index contributed by atoms with van der Waals surface area (Å²) in [6.07, 6.45) is 0.884. The van der Waals surface area contributed by atoms with Crippen LogP contribution in [0.25, 0.3) is 0 Å². The number of benzene rings is 4. The summed E-state index contributed by atoms with van der Waals surface area (Å²) in [5, 5.41) is 3.02. The van der Waals surface area contributed by atoms with Gasteiger partial charge in [-0.3, -0.25) is 13.9 Å². The molecule has 0 aliphatic heterocycles. The number of aryl methyl sites for hydroxylation is 3. The van der Waals surface area contributed by atoms with Crippen molar-refractivity contribution < 1.29 is 22.4 Å². The molecule has 0 unspecified atom stereocenters. The molecule has 0 aliphatic carbocycles. The summed E-state index contributed by atoms with van der Waals surface area (Å²) >= 11 is 0. The van der Waals surface area contributed by atoms with Crippen LogP contribution in [0.3, 0.4) is 0 Å². The minimum atomic E-state index is -4.21. The van der Waals surface area contributed by atoms with Gasteiger partial charge in [0, 0.05) is 19.0 Å². The Hall–Kier alpha value is -4.50. The molecule has 4 aromatic rings. The fraction of sp³-hybridized carbons (Fsp3) is 0.297. The van der Waals surface area contributed by atoms with E-state index in [1.807, 2.05) is 64.1 Å². The van der Waals surface area contributed by atoms with Crippen LogP contribution in [-0.2, 0) is 32.6 Å². The molecule has 0 saturated heterocycles. The van der Waals surface area contributed by atoms with Crippen LogP contribution in [0.1, 0.15) is 48.1 Å². The highest BCUT2D eigenvalue weighted by Crippen LogP contribution is 2.29. The van der Waals surface area contributed by atoms with Gasteiger partial charge in [-0.15, -0.1) is 0 Å². The van der Waals surface area contributed by atoms with Gasteiger partial charge in [0.15, 0.2) is 0 Å². The molecule has 4 rings (SSSR count). The molecule has 9 heteroatoms. The lowest BCUT2D eigenvalue weighted by molar-refractivity contribution is -0.140. The Kier molecular flexibility index (Phi) is 11.4. The largest absolute Gasteiger partial charge is 0.352 e. The molecule has 7 nitrogen and oxygen atoms in total. The summed E-state index contributed by atoms with van der Waals surface area (Å²) in [4.78, 5) is 29.9. The van der Waals surface area contributed by atoms with Crippen LogP contribution in [0.5, 0.6) is 0 Å². The van der Waals surface area contributed by atoms with Gasteiger partial charge >= 0.3 is 0 Å². The third-order valence-electron chi connectivity index (χ3n) is 8.05. The van der Waals surface area contributed by atoms with Gasteiger partial charge in [0.25, 0.3) is 10.0 Å². The zero-order valence-electron chi connectivity index (χ0n) is 27.0. The molecule has 0 spiro atoms. The number of halogens is 1. The third kappa shape index (κ3) is 8.60. The second-order valence-electron chi connectivity index (χ2n) is 11.8. The maximum Gasteiger partial charge on any atom is 0.264 e. The lowest BCUT2D eigenvalue weighted by Gasteiger charge is -2.34. The number of nitrogens with zero attached hydrogens (tertiary/aromatic N) is 2. The number of nitrogens with one attached hydrogen (secondary N) is 1. The summed E-state index contributed by atoms with van der Waals surface area (Å²) in [6, 6.07) is 25.8. The monoisotopic (exact) mass is 643 g/mol. The average Bonchev–Trinajstić information content (AvgIpc) is 3.03. The van der Waals surface area contributed by atoms with E-state index in [1.165, 1.54) is 29.2 Å². The molecule has 2 atom stereocenters. The normalized spacial score (nSPS) is 12.7. The number of carbonyl (C=O) groups is 2. The topological polar surface area (TPSA) is 86.8 Å². The molecule has 242 valence electrons. The first-order valence-electron chi connectivity index (χ1n) is 15.4. The minimum absolute atomic E-state index is 0.0319. The maximum absolute atomic E-state index is 14.6. The van der Waals surface area contributed by atoms with E-state index in [0.29, 0.717) is 23.2 Å². The average molecular weight is 644 g/mol. The van der Waals surface area contributed by atoms with Crippen molar-refractivity contribution in [3.05, 3.63) is 131 Å². The number of rotatable bonds is 13. The van der Waals surface area contributed by atoms with E-state index < -0.39 is 34.3 Å². The highest BCUT2D eigenvalue weighted by Gasteiger charge is 2.35. The van der Waals surface area contributed by atoms with E-state index in [4.69, 9.17) is 0 Å². The molecule has 0 radical (unpaired) electrons. The van der Waals surface area contributed by atoms with Gasteiger partial charge in [-0.25, -0.2) is 12.8 Å². The fourth-order valence-electron chi connectivity index (χ4n) is 5.22. The van der Waals surface area contributed by atoms with Gasteiger partial charge in [-0.2, -0.15) is 0 Å². The van der Waals surface area contributed by atoms with Crippen molar-refractivity contribution >= 4 is 27.5 Å². The van der Waals surface area contributed by atoms with Crippen LogP contribution in [0.4, 0.5) is 10.1 Å². The highest BCUT2D eigenvalue weighted by molar-refractivity contribution is 7.92. The first-order valence-corrected chi connectivity index (χ1v) is 16.9. The first-order chi connectivity index (χ1) is 21.9. The number of anilines is 1. The van der Waals surface area contributed by atoms with Gasteiger partial charge in [0.1, 0.15) is 18.4 Å². The van der Waals surface area contributed by atoms with Crippen LogP contribution in [0.15, 0.2) is 102 Å². The van der Waals surface area contributed by atoms with Crippen LogP contribution < -0.4 is 9.62 Å². The summed E-state index contributed by atoms with van der Waals surface area (Å²) in [6.45, 7) is 8.84. The lowest BCUT2D eigenvalue weighted by Crippen LogP contribution is -2.54. The van der Waals surface area contributed by atoms with Crippen molar-refractivity contribution in [3.8, 4) is 0 Å². The van der Waals surface area contributed by atoms with Gasteiger partial charge < -0.3 is 10.2 Å². The van der Waals surface area contributed by atoms with Crippen molar-refractivity contribution in [2.45, 2.75) is 71.0 Å². The second kappa shape index (κ2) is 15.2. The predicted octanol–water partition coefficient (Wildman–Crippen LogP) is 6.50. The van der Waals surface area contributed by atoms with E-state index in [9.17, 15) is 22.4 Å². The van der Waals surface area contributed by atoms with E-state index in [1.54, 1.807) is 43.3 Å². The lowest BCUT2D eigenvalue weighted by atomic mass is 10.0. The number of carbonyl (C=O) groups excluding carboxylic acids is 2. The second-order valence-corrected chi connectivity index (χ2v) is 13.6. The third-order valence-corrected chi connectivity index (χ3v) is 9.82. The molecule has 4 aromatic carbocycles. The number of hydrogen-bond donors (Lipinski definition) is 1. The summed E-state index contributed by atoms with van der Waals surface area (Å²) < 4.78 is 43.5. The fourth-order valence-corrected chi connectivity index (χ4v) is 6.70. The van der Waals surface area contributed by atoms with Crippen LogP contribution in [-0.4, -0.2) is 43.8 Å². The standard InChI is InChI=1S/C37H42FN3O4S/c1-6-29(5)39-37(43)35(23-30-10-8-7-9-11-30)40(24-31-15-17-32(38)18-16-31)36(42)25-41(34-21-14-27(3)22-28(34)4)46(44,45)33-19-12-26(2)13-20-33/h7-22,29,35H,6,23-25H2,1-5H3,(H,39,43)/t29-,35-/m0/s1. The summed E-state index contributed by atoms with van der Waals surface area (Å²) in [7, 11) is -4.21. The quantitative estimate of drug-likeness (QED) is 0.180. The summed E-state index contributed by atoms with van der Waals surface area (Å²) in [5.41, 5.74) is 4.33. The van der Waals surface area contributed by atoms with E-state index in [-0.39, 0.29) is 29.8 Å². The number of sulfonamides is 1. The van der Waals surface area contributed by atoms with Gasteiger partial charge in [0.05, 0.1) is 10.6 Å².